The fourth-order valence-corrected chi connectivity index (χ4v) is 1.99. The number of methoxy groups -OCH3 is 1. The molecule has 2 N–H and O–H groups in total. The van der Waals surface area contributed by atoms with Crippen molar-refractivity contribution in [1.29, 1.82) is 0 Å². The van der Waals surface area contributed by atoms with Crippen molar-refractivity contribution in [3.8, 4) is 11.3 Å². The Morgan fingerprint density at radius 1 is 1.44 bits per heavy atom. The predicted molar refractivity (Wildman–Crippen MR) is 71.5 cm³/mol. The molecule has 0 bridgehead atoms. The number of rotatable bonds is 4. The Hall–Kier alpha value is -1.59. The Morgan fingerprint density at radius 2 is 2.22 bits per heavy atom. The van der Waals surface area contributed by atoms with Crippen molar-refractivity contribution in [2.24, 2.45) is 0 Å². The largest absolute Gasteiger partial charge is 0.383 e. The lowest BCUT2D eigenvalue weighted by Gasteiger charge is -2.10. The molecule has 0 atom stereocenters. The molecule has 0 aliphatic carbocycles. The number of pyridine rings is 1. The van der Waals surface area contributed by atoms with Gasteiger partial charge in [0, 0.05) is 18.9 Å². The number of aromatic nitrogens is 3. The van der Waals surface area contributed by atoms with E-state index in [-0.39, 0.29) is 0 Å². The first-order valence-electron chi connectivity index (χ1n) is 5.56. The summed E-state index contributed by atoms with van der Waals surface area (Å²) in [6.45, 7) is 3.13. The van der Waals surface area contributed by atoms with Crippen LogP contribution in [0.1, 0.15) is 5.56 Å². The fraction of sp³-hybridized carbons (Fsp3) is 0.333. The van der Waals surface area contributed by atoms with Crippen molar-refractivity contribution in [3.63, 3.8) is 0 Å². The molecule has 0 fully saturated rings. The number of hydrogen-bond donors (Lipinski definition) is 1. The Balaban J connectivity index is 2.48. The highest BCUT2D eigenvalue weighted by Crippen LogP contribution is 2.31. The molecular weight excluding hydrogens is 252 g/mol. The lowest BCUT2D eigenvalue weighted by molar-refractivity contribution is 0.184. The second kappa shape index (κ2) is 5.37. The van der Waals surface area contributed by atoms with Crippen LogP contribution in [0.25, 0.3) is 11.3 Å². The molecule has 2 heterocycles. The minimum absolute atomic E-state index is 0.446. The minimum Gasteiger partial charge on any atom is -0.383 e. The van der Waals surface area contributed by atoms with Gasteiger partial charge in [0.1, 0.15) is 5.82 Å². The second-order valence-electron chi connectivity index (χ2n) is 4.00. The van der Waals surface area contributed by atoms with Gasteiger partial charge in [-0.3, -0.25) is 4.68 Å². The molecule has 0 spiro atoms. The van der Waals surface area contributed by atoms with Gasteiger partial charge in [-0.25, -0.2) is 4.98 Å². The van der Waals surface area contributed by atoms with Gasteiger partial charge in [-0.2, -0.15) is 5.10 Å². The van der Waals surface area contributed by atoms with Crippen molar-refractivity contribution in [2.45, 2.75) is 13.5 Å². The molecular formula is C12H15ClN4O. The summed E-state index contributed by atoms with van der Waals surface area (Å²) >= 11 is 6.18. The van der Waals surface area contributed by atoms with Crippen LogP contribution < -0.4 is 5.73 Å². The highest BCUT2D eigenvalue weighted by atomic mass is 35.5. The third-order valence-electron chi connectivity index (χ3n) is 2.61. The third-order valence-corrected chi connectivity index (χ3v) is 2.89. The van der Waals surface area contributed by atoms with Gasteiger partial charge in [-0.15, -0.1) is 0 Å². The van der Waals surface area contributed by atoms with Gasteiger partial charge >= 0.3 is 0 Å². The first-order valence-corrected chi connectivity index (χ1v) is 5.94. The topological polar surface area (TPSA) is 66.0 Å². The first-order chi connectivity index (χ1) is 8.63. The second-order valence-corrected chi connectivity index (χ2v) is 4.41. The van der Waals surface area contributed by atoms with Gasteiger partial charge in [-0.05, 0) is 18.6 Å². The van der Waals surface area contributed by atoms with E-state index in [9.17, 15) is 0 Å². The zero-order chi connectivity index (χ0) is 13.1. The van der Waals surface area contributed by atoms with Gasteiger partial charge < -0.3 is 10.5 Å². The number of ether oxygens (including phenoxy) is 1. The quantitative estimate of drug-likeness (QED) is 0.921. The Morgan fingerprint density at radius 3 is 2.94 bits per heavy atom. The average molecular weight is 267 g/mol. The molecule has 0 aromatic carbocycles. The van der Waals surface area contributed by atoms with E-state index in [1.807, 2.05) is 13.0 Å². The summed E-state index contributed by atoms with van der Waals surface area (Å²) in [6, 6.07) is 1.95. The normalized spacial score (nSPS) is 10.8. The van der Waals surface area contributed by atoms with Crippen molar-refractivity contribution in [1.82, 2.24) is 14.8 Å². The van der Waals surface area contributed by atoms with Crippen LogP contribution in [0.4, 0.5) is 5.82 Å². The first kappa shape index (κ1) is 12.9. The van der Waals surface area contributed by atoms with Crippen LogP contribution in [0, 0.1) is 6.92 Å². The molecule has 96 valence electrons. The van der Waals surface area contributed by atoms with Crippen LogP contribution in [-0.4, -0.2) is 28.5 Å². The van der Waals surface area contributed by atoms with Crippen LogP contribution in [0.15, 0.2) is 18.5 Å². The predicted octanol–water partition coefficient (Wildman–Crippen LogP) is 2.14. The Kier molecular flexibility index (Phi) is 3.84. The Bertz CT molecular complexity index is 553. The van der Waals surface area contributed by atoms with E-state index in [0.29, 0.717) is 24.0 Å². The van der Waals surface area contributed by atoms with Crippen LogP contribution >= 0.6 is 11.6 Å². The highest BCUT2D eigenvalue weighted by molar-refractivity contribution is 6.33. The van der Waals surface area contributed by atoms with Crippen LogP contribution in [0.5, 0.6) is 0 Å². The molecule has 0 unspecified atom stereocenters. The van der Waals surface area contributed by atoms with Crippen LogP contribution in [-0.2, 0) is 11.3 Å². The van der Waals surface area contributed by atoms with Crippen LogP contribution in [0.2, 0.25) is 5.02 Å². The van der Waals surface area contributed by atoms with Gasteiger partial charge in [0.2, 0.25) is 0 Å². The number of anilines is 1. The molecule has 2 aromatic heterocycles. The number of aryl methyl sites for hydroxylation is 1. The molecule has 0 saturated carbocycles. The maximum atomic E-state index is 6.18. The molecule has 18 heavy (non-hydrogen) atoms. The standard InChI is InChI=1S/C12H15ClN4O/c1-8-5-9(12(14)15-6-8)11-10(13)7-16-17(11)3-4-18-2/h5-7H,3-4H2,1-2H3,(H2,14,15). The fourth-order valence-electron chi connectivity index (χ4n) is 1.75. The van der Waals surface area contributed by atoms with Crippen molar-refractivity contribution in [2.75, 3.05) is 19.5 Å². The number of halogens is 1. The van der Waals surface area contributed by atoms with Gasteiger partial charge in [0.15, 0.2) is 0 Å². The summed E-state index contributed by atoms with van der Waals surface area (Å²) in [5.74, 6) is 0.446. The number of nitrogens with two attached hydrogens (primary N) is 1. The number of hydrogen-bond acceptors (Lipinski definition) is 4. The summed E-state index contributed by atoms with van der Waals surface area (Å²) in [6.07, 6.45) is 3.33. The summed E-state index contributed by atoms with van der Waals surface area (Å²) in [7, 11) is 1.65. The molecule has 2 rings (SSSR count). The van der Waals surface area contributed by atoms with Gasteiger partial charge in [-0.1, -0.05) is 11.6 Å². The lowest BCUT2D eigenvalue weighted by atomic mass is 10.1. The molecule has 2 aromatic rings. The minimum atomic E-state index is 0.446. The summed E-state index contributed by atoms with van der Waals surface area (Å²) < 4.78 is 6.83. The molecule has 6 heteroatoms. The lowest BCUT2D eigenvalue weighted by Crippen LogP contribution is -2.08. The van der Waals surface area contributed by atoms with E-state index in [2.05, 4.69) is 10.1 Å². The maximum Gasteiger partial charge on any atom is 0.132 e. The zero-order valence-electron chi connectivity index (χ0n) is 10.4. The molecule has 5 nitrogen and oxygen atoms in total. The number of nitrogens with zero attached hydrogens (tertiary/aromatic N) is 3. The van der Waals surface area contributed by atoms with E-state index in [1.54, 1.807) is 24.2 Å². The highest BCUT2D eigenvalue weighted by Gasteiger charge is 2.15. The molecule has 0 aliphatic rings. The monoisotopic (exact) mass is 266 g/mol. The average Bonchev–Trinajstić information content (AvgIpc) is 2.71. The van der Waals surface area contributed by atoms with E-state index < -0.39 is 0 Å². The zero-order valence-corrected chi connectivity index (χ0v) is 11.1. The third kappa shape index (κ3) is 2.47. The maximum absolute atomic E-state index is 6.18. The molecule has 0 amide bonds. The van der Waals surface area contributed by atoms with Crippen molar-refractivity contribution < 1.29 is 4.74 Å². The molecule has 0 aliphatic heterocycles. The van der Waals surface area contributed by atoms with E-state index in [0.717, 1.165) is 16.8 Å². The number of nitrogen functional groups attached to an aromatic ring is 1. The van der Waals surface area contributed by atoms with E-state index in [1.165, 1.54) is 0 Å². The van der Waals surface area contributed by atoms with Gasteiger partial charge in [0.25, 0.3) is 0 Å². The van der Waals surface area contributed by atoms with Crippen molar-refractivity contribution >= 4 is 17.4 Å². The molecule has 0 saturated heterocycles. The van der Waals surface area contributed by atoms with Crippen molar-refractivity contribution in [3.05, 3.63) is 29.0 Å². The smallest absolute Gasteiger partial charge is 0.132 e. The summed E-state index contributed by atoms with van der Waals surface area (Å²) in [4.78, 5) is 4.14. The van der Waals surface area contributed by atoms with Crippen LogP contribution in [0.3, 0.4) is 0 Å². The van der Waals surface area contributed by atoms with E-state index in [4.69, 9.17) is 22.1 Å². The Labute approximate surface area is 111 Å². The molecule has 0 radical (unpaired) electrons. The summed E-state index contributed by atoms with van der Waals surface area (Å²) in [5.41, 5.74) is 8.51. The summed E-state index contributed by atoms with van der Waals surface area (Å²) in [5, 5.41) is 4.78. The SMILES string of the molecule is COCCn1ncc(Cl)c1-c1cc(C)cnc1N. The van der Waals surface area contributed by atoms with Gasteiger partial charge in [0.05, 0.1) is 30.1 Å². The van der Waals surface area contributed by atoms with E-state index >= 15 is 0 Å².